The highest BCUT2D eigenvalue weighted by Gasteiger charge is 2.65. The zero-order chi connectivity index (χ0) is 40.5. The number of nitriles is 1. The molecule has 6 fully saturated rings. The molecule has 0 bridgehead atoms. The molecule has 5 saturated heterocycles. The Hall–Kier alpha value is -3.67. The number of rotatable bonds is 8. The summed E-state index contributed by atoms with van der Waals surface area (Å²) in [5, 5.41) is 10.7. The maximum atomic E-state index is 17.4. The van der Waals surface area contributed by atoms with Crippen molar-refractivity contribution in [1.29, 1.82) is 5.26 Å². The number of carbonyl (C=O) groups is 1. The average molecular weight is 853 g/mol. The number of nitrogen functional groups attached to an aromatic ring is 1. The minimum Gasteiger partial charge on any atom is -0.461 e. The molecule has 306 valence electrons. The SMILES string of the molecule is CP(C)(=O)N1[C@@H](C(=O)N2CC3(CCCCN(c4nc(OC[C@@]56CCCN5C[C@H](F)C6)nc5c(F)c(-c6ccc(F)c7sc(N)c(C#N)c67)c(Cl)cc45)C3)C2)[C@@H]1C1CC1. The van der Waals surface area contributed by atoms with E-state index in [0.29, 0.717) is 56.3 Å². The summed E-state index contributed by atoms with van der Waals surface area (Å²) in [6.45, 7) is 7.02. The molecule has 6 aliphatic rings. The molecule has 1 saturated carbocycles. The van der Waals surface area contributed by atoms with Gasteiger partial charge in [0, 0.05) is 80.3 Å². The number of likely N-dealkylation sites (tertiary alicyclic amines) is 1. The van der Waals surface area contributed by atoms with E-state index < -0.39 is 30.6 Å². The number of nitrogens with zero attached hydrogens (tertiary/aromatic N) is 7. The van der Waals surface area contributed by atoms with Crippen LogP contribution in [0.5, 0.6) is 6.01 Å². The van der Waals surface area contributed by atoms with E-state index >= 15 is 8.78 Å². The highest BCUT2D eigenvalue weighted by atomic mass is 35.5. The number of halogens is 4. The first-order chi connectivity index (χ1) is 27.7. The molecule has 7 heterocycles. The van der Waals surface area contributed by atoms with Gasteiger partial charge in [0.2, 0.25) is 5.91 Å². The lowest BCUT2D eigenvalue weighted by Gasteiger charge is -2.51. The molecule has 2 aromatic heterocycles. The van der Waals surface area contributed by atoms with Crippen molar-refractivity contribution < 1.29 is 27.3 Å². The van der Waals surface area contributed by atoms with Crippen LogP contribution < -0.4 is 15.4 Å². The normalized spacial score (nSPS) is 28.2. The number of aromatic nitrogens is 2. The Morgan fingerprint density at radius 3 is 2.67 bits per heavy atom. The number of thiophene rings is 1. The lowest BCUT2D eigenvalue weighted by atomic mass is 9.75. The maximum Gasteiger partial charge on any atom is 0.319 e. The summed E-state index contributed by atoms with van der Waals surface area (Å²) in [6, 6.07) is 5.97. The predicted octanol–water partition coefficient (Wildman–Crippen LogP) is 7.67. The van der Waals surface area contributed by atoms with E-state index in [4.69, 9.17) is 27.1 Å². The minimum absolute atomic E-state index is 0.0267. The molecular formula is C41H45ClF3N8O3PS. The van der Waals surface area contributed by atoms with Gasteiger partial charge in [-0.25, -0.2) is 17.8 Å². The third-order valence-corrected chi connectivity index (χ3v) is 16.5. The standard InChI is InChI=1S/C41H45ClF3N8O3PS/c1-57(2,55)53-33(22-6-7-22)34(53)38(54)51-19-40(20-51)10-3-4-12-50(18-40)37-25-14-27(42)30(24-8-9-28(44)35-29(24)26(16-46)36(47)58-35)31(45)32(25)48-39(49-37)56-21-41-11-5-13-52(41)17-23(43)15-41/h8-9,14,22-23,33-34H,3-7,10-13,15,17-21,47H2,1-2H3/t23-,33+,34-,41+,53?/m1/s1. The molecule has 1 unspecified atom stereocenters. The molecule has 17 heteroatoms. The van der Waals surface area contributed by atoms with Gasteiger partial charge < -0.3 is 24.8 Å². The highest BCUT2D eigenvalue weighted by Crippen LogP contribution is 2.61. The van der Waals surface area contributed by atoms with Crippen LogP contribution in [0.1, 0.15) is 56.9 Å². The first-order valence-electron chi connectivity index (χ1n) is 20.2. The Kier molecular flexibility index (Phi) is 9.09. The second kappa shape index (κ2) is 13.7. The van der Waals surface area contributed by atoms with Crippen LogP contribution >= 0.6 is 30.2 Å². The van der Waals surface area contributed by atoms with Crippen LogP contribution in [0.15, 0.2) is 18.2 Å². The Morgan fingerprint density at radius 1 is 1.14 bits per heavy atom. The van der Waals surface area contributed by atoms with E-state index in [2.05, 4.69) is 20.9 Å². The van der Waals surface area contributed by atoms with Gasteiger partial charge in [-0.1, -0.05) is 24.1 Å². The smallest absolute Gasteiger partial charge is 0.319 e. The Balaban J connectivity index is 1.02. The topological polar surface area (TPSA) is 132 Å². The number of fused-ring (bicyclic) bond motifs is 3. The fraction of sp³-hybridized carbons (Fsp3) is 0.561. The number of ether oxygens (including phenoxy) is 1. The number of alkyl halides is 1. The first-order valence-corrected chi connectivity index (χ1v) is 24.0. The number of benzene rings is 2. The van der Waals surface area contributed by atoms with Gasteiger partial charge in [-0.3, -0.25) is 9.69 Å². The van der Waals surface area contributed by atoms with Crippen molar-refractivity contribution in [1.82, 2.24) is 24.4 Å². The van der Waals surface area contributed by atoms with E-state index in [1.165, 1.54) is 12.1 Å². The predicted molar refractivity (Wildman–Crippen MR) is 220 cm³/mol. The van der Waals surface area contributed by atoms with Crippen LogP contribution in [0.4, 0.5) is 24.0 Å². The highest BCUT2D eigenvalue weighted by molar-refractivity contribution is 7.60. The van der Waals surface area contributed by atoms with E-state index in [1.807, 2.05) is 9.57 Å². The van der Waals surface area contributed by atoms with E-state index in [9.17, 15) is 19.0 Å². The molecule has 1 amide bonds. The summed E-state index contributed by atoms with van der Waals surface area (Å²) in [5.74, 6) is -0.435. The quantitative estimate of drug-likeness (QED) is 0.139. The summed E-state index contributed by atoms with van der Waals surface area (Å²) in [4.78, 5) is 29.7. The van der Waals surface area contributed by atoms with E-state index in [1.54, 1.807) is 19.4 Å². The van der Waals surface area contributed by atoms with Crippen LogP contribution in [0, 0.1) is 34.3 Å². The molecule has 10 rings (SSSR count). The molecule has 5 atom stereocenters. The van der Waals surface area contributed by atoms with Crippen molar-refractivity contribution in [3.05, 3.63) is 40.4 Å². The van der Waals surface area contributed by atoms with Gasteiger partial charge in [-0.2, -0.15) is 15.2 Å². The minimum atomic E-state index is -2.58. The van der Waals surface area contributed by atoms with Crippen LogP contribution in [0.25, 0.3) is 32.1 Å². The monoisotopic (exact) mass is 852 g/mol. The lowest BCUT2D eigenvalue weighted by molar-refractivity contribution is -0.143. The molecule has 58 heavy (non-hydrogen) atoms. The summed E-state index contributed by atoms with van der Waals surface area (Å²) >= 11 is 7.91. The van der Waals surface area contributed by atoms with Gasteiger partial charge >= 0.3 is 6.01 Å². The number of hydrogen-bond acceptors (Lipinski definition) is 10. The van der Waals surface area contributed by atoms with Gasteiger partial charge in [0.05, 0.1) is 20.8 Å². The van der Waals surface area contributed by atoms with Crippen molar-refractivity contribution in [2.24, 2.45) is 11.3 Å². The van der Waals surface area contributed by atoms with Gasteiger partial charge in [0.15, 0.2) is 5.82 Å². The van der Waals surface area contributed by atoms with Crippen LogP contribution in [-0.4, -0.2) is 113 Å². The molecule has 1 spiro atoms. The number of anilines is 2. The van der Waals surface area contributed by atoms with Gasteiger partial charge in [-0.05, 0) is 68.7 Å². The number of carbonyl (C=O) groups excluding carboxylic acids is 1. The summed E-state index contributed by atoms with van der Waals surface area (Å²) < 4.78 is 68.8. The molecule has 1 aliphatic carbocycles. The molecule has 0 radical (unpaired) electrons. The number of nitrogens with two attached hydrogens (primary N) is 1. The average Bonchev–Trinajstić information content (AvgIpc) is 4.05. The van der Waals surface area contributed by atoms with Gasteiger partial charge in [0.1, 0.15) is 54.3 Å². The maximum absolute atomic E-state index is 17.4. The molecule has 2 N–H and O–H groups in total. The Morgan fingerprint density at radius 2 is 1.93 bits per heavy atom. The lowest BCUT2D eigenvalue weighted by Crippen LogP contribution is -2.63. The number of amides is 1. The second-order valence-electron chi connectivity index (χ2n) is 17.9. The van der Waals surface area contributed by atoms with Crippen LogP contribution in [0.2, 0.25) is 5.02 Å². The Bertz CT molecular complexity index is 2490. The zero-order valence-electron chi connectivity index (χ0n) is 32.4. The third-order valence-electron chi connectivity index (χ3n) is 13.6. The molecule has 2 aromatic carbocycles. The van der Waals surface area contributed by atoms with Crippen molar-refractivity contribution >= 4 is 67.9 Å². The molecule has 11 nitrogen and oxygen atoms in total. The van der Waals surface area contributed by atoms with Gasteiger partial charge in [-0.15, -0.1) is 11.3 Å². The summed E-state index contributed by atoms with van der Waals surface area (Å²) in [6.07, 6.45) is 5.87. The molecule has 4 aromatic rings. The van der Waals surface area contributed by atoms with Crippen LogP contribution in [-0.2, 0) is 9.36 Å². The number of hydrogen-bond donors (Lipinski definition) is 1. The van der Waals surface area contributed by atoms with Crippen molar-refractivity contribution in [3.8, 4) is 23.2 Å². The third kappa shape index (κ3) is 6.18. The molecule has 5 aliphatic heterocycles. The van der Waals surface area contributed by atoms with E-state index in [0.717, 1.165) is 62.8 Å². The largest absolute Gasteiger partial charge is 0.461 e. The molecular weight excluding hydrogens is 808 g/mol. The Labute approximate surface area is 343 Å². The van der Waals surface area contributed by atoms with E-state index in [-0.39, 0.29) is 78.3 Å². The second-order valence-corrected chi connectivity index (χ2v) is 22.4. The van der Waals surface area contributed by atoms with Crippen molar-refractivity contribution in [3.63, 3.8) is 0 Å². The fourth-order valence-electron chi connectivity index (χ4n) is 10.8. The first kappa shape index (κ1) is 38.5. The van der Waals surface area contributed by atoms with Crippen molar-refractivity contribution in [2.45, 2.75) is 75.2 Å². The summed E-state index contributed by atoms with van der Waals surface area (Å²) in [5.41, 5.74) is 5.54. The van der Waals surface area contributed by atoms with Gasteiger partial charge in [0.25, 0.3) is 0 Å². The zero-order valence-corrected chi connectivity index (χ0v) is 34.9. The van der Waals surface area contributed by atoms with Crippen LogP contribution in [0.3, 0.4) is 0 Å². The fourth-order valence-corrected chi connectivity index (χ4v) is 13.8. The summed E-state index contributed by atoms with van der Waals surface area (Å²) in [7, 11) is -2.58. The van der Waals surface area contributed by atoms with Crippen molar-refractivity contribution in [2.75, 3.05) is 69.8 Å².